The van der Waals surface area contributed by atoms with Crippen molar-refractivity contribution in [1.29, 1.82) is 0 Å². The van der Waals surface area contributed by atoms with Gasteiger partial charge in [-0.05, 0) is 36.2 Å². The number of aromatic nitrogens is 1. The third-order valence-corrected chi connectivity index (χ3v) is 5.96. The maximum absolute atomic E-state index is 15.0. The van der Waals surface area contributed by atoms with Crippen molar-refractivity contribution < 1.29 is 18.4 Å². The summed E-state index contributed by atoms with van der Waals surface area (Å²) >= 11 is 0. The molecule has 0 spiro atoms. The minimum Gasteiger partial charge on any atom is -0.317 e. The van der Waals surface area contributed by atoms with E-state index in [2.05, 4.69) is 16.8 Å². The van der Waals surface area contributed by atoms with Gasteiger partial charge in [0, 0.05) is 30.6 Å². The molecule has 166 valence electrons. The molecule has 4 rings (SSSR count). The highest BCUT2D eigenvalue weighted by Gasteiger charge is 2.49. The zero-order valence-corrected chi connectivity index (χ0v) is 18.2. The van der Waals surface area contributed by atoms with Crippen LogP contribution < -0.4 is 4.90 Å². The molecule has 1 fully saturated rings. The first-order chi connectivity index (χ1) is 15.9. The van der Waals surface area contributed by atoms with Crippen LogP contribution in [0.3, 0.4) is 0 Å². The van der Waals surface area contributed by atoms with Crippen molar-refractivity contribution >= 4 is 17.6 Å². The summed E-state index contributed by atoms with van der Waals surface area (Å²) in [6.07, 6.45) is 3.49. The number of imide groups is 1. The van der Waals surface area contributed by atoms with Crippen LogP contribution in [0, 0.1) is 23.5 Å². The third kappa shape index (κ3) is 3.96. The van der Waals surface area contributed by atoms with E-state index in [1.165, 1.54) is 11.1 Å². The minimum atomic E-state index is -1.04. The molecular formula is C26H21F2N3O2. The second-order valence-electron chi connectivity index (χ2n) is 7.78. The van der Waals surface area contributed by atoms with Gasteiger partial charge in [0.2, 0.25) is 5.91 Å². The van der Waals surface area contributed by atoms with Gasteiger partial charge >= 0.3 is 6.03 Å². The number of carbonyl (C=O) groups excluding carboxylic acids is 2. The molecule has 0 saturated carbocycles. The standard InChI is InChI=1S/C26H21F2N3O2/c1-3-26(20-9-5-4-6-10-20)16-23(32)31(25(33)30(26)2)24-21(27)14-19(15-22(24)28)12-11-18-8-7-13-29-17-18/h4-10,13-15,17H,3,16H2,1-2H3. The largest absolute Gasteiger partial charge is 0.332 e. The Morgan fingerprint density at radius 1 is 1.00 bits per heavy atom. The fourth-order valence-corrected chi connectivity index (χ4v) is 4.15. The highest BCUT2D eigenvalue weighted by molar-refractivity contribution is 6.16. The Kier molecular flexibility index (Phi) is 5.93. The van der Waals surface area contributed by atoms with Crippen LogP contribution in [0.2, 0.25) is 0 Å². The van der Waals surface area contributed by atoms with E-state index >= 15 is 8.78 Å². The van der Waals surface area contributed by atoms with Gasteiger partial charge in [-0.1, -0.05) is 49.1 Å². The zero-order chi connectivity index (χ0) is 23.6. The summed E-state index contributed by atoms with van der Waals surface area (Å²) in [5, 5.41) is 0. The number of hydrogen-bond acceptors (Lipinski definition) is 3. The number of rotatable bonds is 3. The molecule has 3 aromatic rings. The highest BCUT2D eigenvalue weighted by atomic mass is 19.1. The van der Waals surface area contributed by atoms with Gasteiger partial charge < -0.3 is 4.90 Å². The van der Waals surface area contributed by atoms with Crippen molar-refractivity contribution in [3.05, 3.63) is 95.3 Å². The first-order valence-electron chi connectivity index (χ1n) is 10.4. The molecular weight excluding hydrogens is 424 g/mol. The number of benzene rings is 2. The monoisotopic (exact) mass is 445 g/mol. The van der Waals surface area contributed by atoms with Crippen LogP contribution in [0.15, 0.2) is 67.0 Å². The summed E-state index contributed by atoms with van der Waals surface area (Å²) in [5.41, 5.74) is -0.134. The van der Waals surface area contributed by atoms with Crippen molar-refractivity contribution in [1.82, 2.24) is 9.88 Å². The van der Waals surface area contributed by atoms with Crippen molar-refractivity contribution in [2.45, 2.75) is 25.3 Å². The van der Waals surface area contributed by atoms with Crippen LogP contribution >= 0.6 is 0 Å². The number of halogens is 2. The van der Waals surface area contributed by atoms with E-state index in [1.807, 2.05) is 37.3 Å². The third-order valence-electron chi connectivity index (χ3n) is 5.96. The van der Waals surface area contributed by atoms with Gasteiger partial charge in [-0.15, -0.1) is 0 Å². The van der Waals surface area contributed by atoms with E-state index in [0.717, 1.165) is 17.7 Å². The van der Waals surface area contributed by atoms with Crippen molar-refractivity contribution in [2.24, 2.45) is 0 Å². The molecule has 1 saturated heterocycles. The molecule has 5 nitrogen and oxygen atoms in total. The number of amides is 3. The molecule has 1 aliphatic heterocycles. The molecule has 0 bridgehead atoms. The Balaban J connectivity index is 1.70. The first kappa shape index (κ1) is 22.2. The summed E-state index contributed by atoms with van der Waals surface area (Å²) in [5.74, 6) is 2.71. The molecule has 2 aromatic carbocycles. The molecule has 1 unspecified atom stereocenters. The molecule has 0 N–H and O–H groups in total. The second-order valence-corrected chi connectivity index (χ2v) is 7.78. The molecule has 1 atom stereocenters. The summed E-state index contributed by atoms with van der Waals surface area (Å²) in [4.78, 5) is 32.3. The predicted octanol–water partition coefficient (Wildman–Crippen LogP) is 4.85. The van der Waals surface area contributed by atoms with Gasteiger partial charge in [0.1, 0.15) is 5.69 Å². The maximum Gasteiger partial charge on any atom is 0.332 e. The second kappa shape index (κ2) is 8.83. The zero-order valence-electron chi connectivity index (χ0n) is 18.2. The van der Waals surface area contributed by atoms with Crippen LogP contribution in [0.1, 0.15) is 36.5 Å². The van der Waals surface area contributed by atoms with Crippen molar-refractivity contribution in [3.63, 3.8) is 0 Å². The molecule has 7 heteroatoms. The summed E-state index contributed by atoms with van der Waals surface area (Å²) in [6, 6.07) is 13.8. The van der Waals surface area contributed by atoms with E-state index in [-0.39, 0.29) is 12.0 Å². The lowest BCUT2D eigenvalue weighted by molar-refractivity contribution is -0.122. The van der Waals surface area contributed by atoms with Crippen LogP contribution in [-0.4, -0.2) is 28.9 Å². The smallest absolute Gasteiger partial charge is 0.317 e. The van der Waals surface area contributed by atoms with E-state index in [9.17, 15) is 9.59 Å². The molecule has 0 aliphatic carbocycles. The fourth-order valence-electron chi connectivity index (χ4n) is 4.15. The molecule has 0 radical (unpaired) electrons. The van der Waals surface area contributed by atoms with Crippen LogP contribution in [0.4, 0.5) is 19.3 Å². The van der Waals surface area contributed by atoms with E-state index in [1.54, 1.807) is 25.4 Å². The van der Waals surface area contributed by atoms with Crippen molar-refractivity contribution in [3.8, 4) is 11.8 Å². The number of pyridine rings is 1. The Bertz CT molecular complexity index is 1250. The number of carbonyl (C=O) groups is 2. The van der Waals surface area contributed by atoms with Gasteiger partial charge in [-0.3, -0.25) is 9.78 Å². The Morgan fingerprint density at radius 3 is 2.27 bits per heavy atom. The SMILES string of the molecule is CCC1(c2ccccc2)CC(=O)N(c2c(F)cc(C#Cc3cccnc3)cc2F)C(=O)N1C. The Hall–Kier alpha value is -4.05. The van der Waals surface area contributed by atoms with Gasteiger partial charge in [0.25, 0.3) is 0 Å². The number of nitrogens with zero attached hydrogens (tertiary/aromatic N) is 3. The summed E-state index contributed by atoms with van der Waals surface area (Å²) in [7, 11) is 1.54. The lowest BCUT2D eigenvalue weighted by Gasteiger charge is -2.47. The van der Waals surface area contributed by atoms with Crippen LogP contribution in [0.5, 0.6) is 0 Å². The number of urea groups is 1. The molecule has 1 aliphatic rings. The average Bonchev–Trinajstić information content (AvgIpc) is 2.83. The Labute approximate surface area is 190 Å². The topological polar surface area (TPSA) is 53.5 Å². The van der Waals surface area contributed by atoms with Gasteiger partial charge in [-0.2, -0.15) is 0 Å². The molecule has 33 heavy (non-hydrogen) atoms. The van der Waals surface area contributed by atoms with E-state index < -0.39 is 34.8 Å². The quantitative estimate of drug-likeness (QED) is 0.542. The van der Waals surface area contributed by atoms with Crippen LogP contribution in [0.25, 0.3) is 0 Å². The van der Waals surface area contributed by atoms with Gasteiger partial charge in [-0.25, -0.2) is 18.5 Å². The van der Waals surface area contributed by atoms with Crippen LogP contribution in [-0.2, 0) is 10.3 Å². The Morgan fingerprint density at radius 2 is 1.67 bits per heavy atom. The summed E-state index contributed by atoms with van der Waals surface area (Å²) < 4.78 is 30.0. The molecule has 1 aromatic heterocycles. The normalized spacial score (nSPS) is 18.2. The number of anilines is 1. The number of hydrogen-bond donors (Lipinski definition) is 0. The van der Waals surface area contributed by atoms with E-state index in [4.69, 9.17) is 0 Å². The van der Waals surface area contributed by atoms with E-state index in [0.29, 0.717) is 16.9 Å². The fraction of sp³-hybridized carbons (Fsp3) is 0.192. The maximum atomic E-state index is 15.0. The lowest BCUT2D eigenvalue weighted by atomic mass is 9.81. The summed E-state index contributed by atoms with van der Waals surface area (Å²) in [6.45, 7) is 1.87. The van der Waals surface area contributed by atoms with Crippen molar-refractivity contribution in [2.75, 3.05) is 11.9 Å². The molecule has 2 heterocycles. The molecule has 3 amide bonds. The highest BCUT2D eigenvalue weighted by Crippen LogP contribution is 2.41. The lowest BCUT2D eigenvalue weighted by Crippen LogP contribution is -2.61. The predicted molar refractivity (Wildman–Crippen MR) is 120 cm³/mol. The average molecular weight is 445 g/mol. The first-order valence-corrected chi connectivity index (χ1v) is 10.4. The van der Waals surface area contributed by atoms with Gasteiger partial charge in [0.05, 0.1) is 12.0 Å². The van der Waals surface area contributed by atoms with Gasteiger partial charge in [0.15, 0.2) is 11.6 Å². The minimum absolute atomic E-state index is 0.0788.